The van der Waals surface area contributed by atoms with E-state index in [0.29, 0.717) is 0 Å². The molecule has 0 bridgehead atoms. The van der Waals surface area contributed by atoms with Crippen molar-refractivity contribution in [3.05, 3.63) is 40.6 Å². The van der Waals surface area contributed by atoms with Crippen LogP contribution in [0.1, 0.15) is 6.92 Å². The first kappa shape index (κ1) is 31.7. The van der Waals surface area contributed by atoms with Gasteiger partial charge in [-0.1, -0.05) is 0 Å². The minimum absolute atomic E-state index is 0.00106. The van der Waals surface area contributed by atoms with Gasteiger partial charge in [0.2, 0.25) is 17.5 Å². The molecule has 16 nitrogen and oxygen atoms in total. The zero-order chi connectivity index (χ0) is 32.0. The molecule has 0 aliphatic carbocycles. The molecule has 2 aliphatic rings. The SMILES string of the molecule is COc1cc(O)c2c(=O)c(O[C@@H]3O[C@H](CO)[C@@H](O)[C@H](O)[C@@H]3O[C@@H]3O[C@@H](C)[C@H](O)[C@@H](O)[C@@H]3O)c(-c3ccc(O)c(O)c3)oc2c1. The molecule has 2 aromatic carbocycles. The Hall–Kier alpha value is -3.71. The van der Waals surface area contributed by atoms with Gasteiger partial charge in [-0.3, -0.25) is 4.79 Å². The molecule has 2 fully saturated rings. The maximum atomic E-state index is 13.9. The quantitative estimate of drug-likeness (QED) is 0.137. The molecular weight excluding hydrogens is 592 g/mol. The third-order valence-electron chi connectivity index (χ3n) is 7.54. The van der Waals surface area contributed by atoms with Crippen molar-refractivity contribution in [2.75, 3.05) is 13.7 Å². The van der Waals surface area contributed by atoms with Gasteiger partial charge < -0.3 is 74.1 Å². The van der Waals surface area contributed by atoms with Gasteiger partial charge in [-0.15, -0.1) is 0 Å². The smallest absolute Gasteiger partial charge is 0.239 e. The number of phenolic OH excluding ortho intramolecular Hbond substituents is 3. The fourth-order valence-electron chi connectivity index (χ4n) is 5.03. The zero-order valence-electron chi connectivity index (χ0n) is 23.3. The van der Waals surface area contributed by atoms with Crippen molar-refractivity contribution in [3.63, 3.8) is 0 Å². The summed E-state index contributed by atoms with van der Waals surface area (Å²) in [5.74, 6) is -2.51. The Balaban J connectivity index is 1.63. The van der Waals surface area contributed by atoms with E-state index in [2.05, 4.69) is 0 Å². The maximum Gasteiger partial charge on any atom is 0.239 e. The first-order valence-electron chi connectivity index (χ1n) is 13.4. The van der Waals surface area contributed by atoms with Crippen LogP contribution in [0.2, 0.25) is 0 Å². The van der Waals surface area contributed by atoms with Gasteiger partial charge in [0, 0.05) is 17.7 Å². The van der Waals surface area contributed by atoms with Gasteiger partial charge in [0.15, 0.2) is 29.7 Å². The molecule has 2 aliphatic heterocycles. The van der Waals surface area contributed by atoms with Gasteiger partial charge in [-0.2, -0.15) is 0 Å². The number of hydrogen-bond acceptors (Lipinski definition) is 16. The monoisotopic (exact) mass is 624 g/mol. The van der Waals surface area contributed by atoms with Gasteiger partial charge in [-0.25, -0.2) is 0 Å². The average molecular weight is 625 g/mol. The topological polar surface area (TPSA) is 258 Å². The number of methoxy groups -OCH3 is 1. The van der Waals surface area contributed by atoms with Crippen molar-refractivity contribution in [2.24, 2.45) is 0 Å². The molecular formula is C28H32O16. The van der Waals surface area contributed by atoms with Crippen LogP contribution in [0.5, 0.6) is 28.7 Å². The van der Waals surface area contributed by atoms with Crippen LogP contribution < -0.4 is 14.9 Å². The van der Waals surface area contributed by atoms with Gasteiger partial charge >= 0.3 is 0 Å². The van der Waals surface area contributed by atoms with E-state index in [1.165, 1.54) is 26.2 Å². The first-order chi connectivity index (χ1) is 20.9. The molecule has 0 unspecified atom stereocenters. The van der Waals surface area contributed by atoms with E-state index < -0.39 is 96.4 Å². The zero-order valence-corrected chi connectivity index (χ0v) is 23.3. The Bertz CT molecular complexity index is 1560. The van der Waals surface area contributed by atoms with E-state index in [4.69, 9.17) is 28.1 Å². The highest BCUT2D eigenvalue weighted by molar-refractivity contribution is 5.88. The lowest BCUT2D eigenvalue weighted by atomic mass is 9.97. The summed E-state index contributed by atoms with van der Waals surface area (Å²) < 4.78 is 33.7. The van der Waals surface area contributed by atoms with E-state index in [0.717, 1.165) is 18.2 Å². The summed E-state index contributed by atoms with van der Waals surface area (Å²) in [5.41, 5.74) is -1.14. The standard InChI is InChI=1S/C28H32O16/c1-9-18(33)21(36)23(38)27(40-9)44-26-22(37)19(34)16(8-29)42-28(26)43-25-20(35)17-14(32)6-11(39-2)7-15(17)41-24(25)10-3-4-12(30)13(31)5-10/h3-7,9,16,18-19,21-23,26-34,36-38H,8H2,1-2H3/t9-,16+,18-,19+,21+,22-,23-,26-,27-,28-/m0/s1. The molecule has 0 spiro atoms. The van der Waals surface area contributed by atoms with Crippen molar-refractivity contribution < 1.29 is 74.1 Å². The highest BCUT2D eigenvalue weighted by Gasteiger charge is 2.51. The molecule has 0 radical (unpaired) electrons. The van der Waals surface area contributed by atoms with E-state index >= 15 is 0 Å². The van der Waals surface area contributed by atoms with Gasteiger partial charge in [0.25, 0.3) is 0 Å². The van der Waals surface area contributed by atoms with Crippen molar-refractivity contribution in [2.45, 2.75) is 68.3 Å². The lowest BCUT2D eigenvalue weighted by Crippen LogP contribution is -2.64. The van der Waals surface area contributed by atoms with Crippen molar-refractivity contribution in [1.29, 1.82) is 0 Å². The predicted molar refractivity (Wildman–Crippen MR) is 145 cm³/mol. The summed E-state index contributed by atoms with van der Waals surface area (Å²) >= 11 is 0. The molecule has 16 heteroatoms. The van der Waals surface area contributed by atoms with Crippen molar-refractivity contribution in [3.8, 4) is 40.1 Å². The first-order valence-corrected chi connectivity index (χ1v) is 13.4. The fraction of sp³-hybridized carbons (Fsp3) is 0.464. The number of fused-ring (bicyclic) bond motifs is 1. The largest absolute Gasteiger partial charge is 0.507 e. The van der Waals surface area contributed by atoms with Crippen LogP contribution in [-0.2, 0) is 14.2 Å². The van der Waals surface area contributed by atoms with Crippen LogP contribution >= 0.6 is 0 Å². The Labute approximate surface area is 248 Å². The summed E-state index contributed by atoms with van der Waals surface area (Å²) in [5, 5.41) is 92.3. The average Bonchev–Trinajstić information content (AvgIpc) is 3.00. The Morgan fingerprint density at radius 3 is 2.20 bits per heavy atom. The van der Waals surface area contributed by atoms with Gasteiger partial charge in [0.05, 0.1) is 19.8 Å². The van der Waals surface area contributed by atoms with E-state index in [-0.39, 0.29) is 28.0 Å². The lowest BCUT2D eigenvalue weighted by molar-refractivity contribution is -0.354. The maximum absolute atomic E-state index is 13.9. The summed E-state index contributed by atoms with van der Waals surface area (Å²) in [4.78, 5) is 13.9. The normalized spacial score (nSPS) is 32.5. The minimum atomic E-state index is -1.90. The molecule has 44 heavy (non-hydrogen) atoms. The Morgan fingerprint density at radius 2 is 1.55 bits per heavy atom. The second-order valence-corrected chi connectivity index (χ2v) is 10.4. The van der Waals surface area contributed by atoms with E-state index in [9.17, 15) is 50.8 Å². The number of aromatic hydroxyl groups is 3. The number of ether oxygens (including phenoxy) is 5. The molecule has 0 saturated carbocycles. The second-order valence-electron chi connectivity index (χ2n) is 10.4. The van der Waals surface area contributed by atoms with Crippen LogP contribution in [0.15, 0.2) is 39.5 Å². The molecule has 2 saturated heterocycles. The molecule has 10 atom stereocenters. The summed E-state index contributed by atoms with van der Waals surface area (Å²) in [7, 11) is 1.32. The number of benzene rings is 2. The summed E-state index contributed by atoms with van der Waals surface area (Å²) in [6, 6.07) is 5.88. The number of phenols is 3. The molecule has 5 rings (SSSR count). The van der Waals surface area contributed by atoms with Gasteiger partial charge in [-0.05, 0) is 25.1 Å². The summed E-state index contributed by atoms with van der Waals surface area (Å²) in [6.07, 6.45) is -16.5. The van der Waals surface area contributed by atoms with Crippen LogP contribution in [0, 0.1) is 0 Å². The van der Waals surface area contributed by atoms with Crippen molar-refractivity contribution in [1.82, 2.24) is 0 Å². The Kier molecular flexibility index (Phi) is 8.90. The third kappa shape index (κ3) is 5.63. The highest BCUT2D eigenvalue weighted by atomic mass is 16.8. The van der Waals surface area contributed by atoms with Crippen LogP contribution in [0.4, 0.5) is 0 Å². The number of aliphatic hydroxyl groups excluding tert-OH is 6. The molecule has 3 heterocycles. The molecule has 240 valence electrons. The highest BCUT2D eigenvalue weighted by Crippen LogP contribution is 2.40. The number of rotatable bonds is 7. The van der Waals surface area contributed by atoms with Crippen LogP contribution in [-0.4, -0.2) is 121 Å². The Morgan fingerprint density at radius 1 is 0.818 bits per heavy atom. The third-order valence-corrected chi connectivity index (χ3v) is 7.54. The predicted octanol–water partition coefficient (Wildman–Crippen LogP) is -1.38. The molecule has 3 aromatic rings. The van der Waals surface area contributed by atoms with Crippen LogP contribution in [0.25, 0.3) is 22.3 Å². The minimum Gasteiger partial charge on any atom is -0.507 e. The molecule has 9 N–H and O–H groups in total. The van der Waals surface area contributed by atoms with E-state index in [1.54, 1.807) is 0 Å². The lowest BCUT2D eigenvalue weighted by Gasteiger charge is -2.45. The number of aliphatic hydroxyl groups is 6. The number of hydrogen-bond donors (Lipinski definition) is 9. The molecule has 1 aromatic heterocycles. The van der Waals surface area contributed by atoms with Gasteiger partial charge in [0.1, 0.15) is 59.1 Å². The molecule has 0 amide bonds. The van der Waals surface area contributed by atoms with E-state index in [1.807, 2.05) is 0 Å². The van der Waals surface area contributed by atoms with Crippen LogP contribution in [0.3, 0.4) is 0 Å². The van der Waals surface area contributed by atoms with Crippen molar-refractivity contribution >= 4 is 11.0 Å². The fourth-order valence-corrected chi connectivity index (χ4v) is 5.03. The second kappa shape index (κ2) is 12.4. The summed E-state index contributed by atoms with van der Waals surface area (Å²) in [6.45, 7) is 0.566.